The highest BCUT2D eigenvalue weighted by Crippen LogP contribution is 2.63. The largest absolute Gasteiger partial charge is 0.534 e. The summed E-state index contributed by atoms with van der Waals surface area (Å²) < 4.78 is 226. The number of aromatic nitrogens is 2. The van der Waals surface area contributed by atoms with Crippen molar-refractivity contribution in [2.24, 2.45) is 0 Å². The van der Waals surface area contributed by atoms with Gasteiger partial charge in [0.2, 0.25) is 0 Å². The molecule has 0 radical (unpaired) electrons. The molecule has 0 aliphatic rings. The number of hydrogen-bond donors (Lipinski definition) is 0. The van der Waals surface area contributed by atoms with Gasteiger partial charge in [-0.2, -0.15) is 65.9 Å². The van der Waals surface area contributed by atoms with Gasteiger partial charge in [-0.05, 0) is 23.3 Å². The molecule has 0 fully saturated rings. The van der Waals surface area contributed by atoms with Crippen molar-refractivity contribution in [3.8, 4) is 11.1 Å². The Morgan fingerprint density at radius 1 is 0.432 bits per heavy atom. The molecule has 0 aliphatic heterocycles. The van der Waals surface area contributed by atoms with Crippen LogP contribution in [0.2, 0.25) is 0 Å². The molecule has 0 amide bonds. The maximum Gasteiger partial charge on any atom is 0.534 e. The molecule has 0 aliphatic carbocycles. The summed E-state index contributed by atoms with van der Waals surface area (Å²) in [7, 11) is 0. The number of alkyl halides is 17. The topological polar surface area (TPSA) is 16.8 Å². The number of hydrogen-bond acceptors (Lipinski definition) is 1. The Labute approximate surface area is 193 Å². The quantitative estimate of drug-likeness (QED) is 0.246. The molecule has 37 heavy (non-hydrogen) atoms. The number of nitrogens with zero attached hydrogens (tertiary/aromatic N) is 2. The third-order valence-corrected chi connectivity index (χ3v) is 4.87. The molecule has 2 aromatic heterocycles. The van der Waals surface area contributed by atoms with Crippen molar-refractivity contribution in [2.75, 3.05) is 0 Å². The van der Waals surface area contributed by atoms with Crippen LogP contribution in [0.1, 0.15) is 0 Å². The first kappa shape index (κ1) is 30.3. The van der Waals surface area contributed by atoms with Gasteiger partial charge in [0.1, 0.15) is 0 Å². The first-order valence-electron chi connectivity index (χ1n) is 8.96. The summed E-state index contributed by atoms with van der Waals surface area (Å²) in [6, 6.07) is -3.22. The fourth-order valence-electron chi connectivity index (χ4n) is 2.67. The van der Waals surface area contributed by atoms with E-state index in [-0.39, 0.29) is 23.5 Å². The molecule has 0 unspecified atom stereocenters. The van der Waals surface area contributed by atoms with E-state index < -0.39 is 52.3 Å². The smallest absolute Gasteiger partial charge is 0.265 e. The third kappa shape index (κ3) is 4.13. The van der Waals surface area contributed by atoms with E-state index in [9.17, 15) is 74.6 Å². The van der Waals surface area contributed by atoms with Crippen LogP contribution in [0.4, 0.5) is 74.6 Å². The van der Waals surface area contributed by atoms with E-state index in [2.05, 4.69) is 4.98 Å². The Balaban J connectivity index is 2.58. The molecule has 0 N–H and O–H groups in total. The minimum Gasteiger partial charge on any atom is -0.265 e. The molecule has 0 aromatic carbocycles. The molecular weight excluding hydrogens is 567 g/mol. The minimum atomic E-state index is -8.65. The van der Waals surface area contributed by atoms with E-state index in [1.54, 1.807) is 0 Å². The predicted molar refractivity (Wildman–Crippen MR) is 85.8 cm³/mol. The van der Waals surface area contributed by atoms with Crippen LogP contribution in [-0.4, -0.2) is 46.7 Å². The van der Waals surface area contributed by atoms with Crippen LogP contribution in [0.25, 0.3) is 11.1 Å². The van der Waals surface area contributed by atoms with Gasteiger partial charge in [-0.25, -0.2) is 0 Å². The summed E-state index contributed by atoms with van der Waals surface area (Å²) in [5.41, 5.74) is 0.0528. The van der Waals surface area contributed by atoms with Crippen LogP contribution in [0.3, 0.4) is 0 Å². The molecule has 0 bridgehead atoms. The standard InChI is InChI=1S/C18H8F17N2/c19-11(20,13(23,24)15(27,28)17(31,32)33)12(21,22)14(25,26)16(29,30)18(34,35)37-7-3-10(4-8-37)9-1-5-36-6-2-9/h1-8H/q+1. The second-order valence-electron chi connectivity index (χ2n) is 7.22. The SMILES string of the molecule is FC(F)(F)C(F)(F)C(F)(F)C(F)(F)C(F)(F)C(F)(F)C(F)(F)C(F)(F)[n+]1ccc(-c2ccncc2)cc1. The third-order valence-electron chi connectivity index (χ3n) is 4.87. The number of halogens is 17. The van der Waals surface area contributed by atoms with Crippen molar-refractivity contribution in [3.05, 3.63) is 49.1 Å². The van der Waals surface area contributed by atoms with E-state index in [0.717, 1.165) is 12.4 Å². The summed E-state index contributed by atoms with van der Waals surface area (Å²) in [6.07, 6.45) is -5.78. The first-order chi connectivity index (χ1) is 16.3. The van der Waals surface area contributed by atoms with E-state index in [0.29, 0.717) is 12.1 Å². The highest BCUT2D eigenvalue weighted by atomic mass is 19.4. The number of rotatable bonds is 8. The maximum absolute atomic E-state index is 14.2. The lowest BCUT2D eigenvalue weighted by atomic mass is 9.90. The van der Waals surface area contributed by atoms with Gasteiger partial charge in [-0.1, -0.05) is 0 Å². The summed E-state index contributed by atoms with van der Waals surface area (Å²) in [5, 5.41) is 0. The van der Waals surface area contributed by atoms with Gasteiger partial charge in [0.15, 0.2) is 12.4 Å². The monoisotopic (exact) mass is 575 g/mol. The molecule has 2 aromatic rings. The fraction of sp³-hybridized carbons (Fsp3) is 0.444. The zero-order valence-electron chi connectivity index (χ0n) is 16.9. The van der Waals surface area contributed by atoms with Crippen LogP contribution >= 0.6 is 0 Å². The fourth-order valence-corrected chi connectivity index (χ4v) is 2.67. The van der Waals surface area contributed by atoms with Gasteiger partial charge >= 0.3 is 47.8 Å². The van der Waals surface area contributed by atoms with E-state index in [1.807, 2.05) is 0 Å². The Bertz CT molecular complexity index is 1090. The van der Waals surface area contributed by atoms with Crippen molar-refractivity contribution >= 4 is 0 Å². The van der Waals surface area contributed by atoms with Crippen molar-refractivity contribution in [1.82, 2.24) is 4.98 Å². The van der Waals surface area contributed by atoms with E-state index in [1.165, 1.54) is 12.1 Å². The van der Waals surface area contributed by atoms with Crippen molar-refractivity contribution < 1.29 is 79.2 Å². The summed E-state index contributed by atoms with van der Waals surface area (Å²) in [6.45, 7) is 0. The molecule has 0 spiro atoms. The van der Waals surface area contributed by atoms with Crippen molar-refractivity contribution in [1.29, 1.82) is 0 Å². The summed E-state index contributed by atoms with van der Waals surface area (Å²) in [5.74, 6) is -50.1. The Morgan fingerprint density at radius 2 is 0.757 bits per heavy atom. The van der Waals surface area contributed by atoms with Crippen LogP contribution < -0.4 is 4.57 Å². The molecule has 0 saturated carbocycles. The lowest BCUT2D eigenvalue weighted by molar-refractivity contribution is -0.849. The molecular formula is C18H8F17N2+. The summed E-state index contributed by atoms with van der Waals surface area (Å²) >= 11 is 0. The van der Waals surface area contributed by atoms with E-state index in [4.69, 9.17) is 0 Å². The van der Waals surface area contributed by atoms with Gasteiger partial charge < -0.3 is 0 Å². The Hall–Kier alpha value is -2.89. The Kier molecular flexibility index (Phi) is 7.03. The van der Waals surface area contributed by atoms with Gasteiger partial charge in [0, 0.05) is 24.5 Å². The highest BCUT2D eigenvalue weighted by Gasteiger charge is 2.96. The van der Waals surface area contributed by atoms with Crippen LogP contribution in [0.15, 0.2) is 49.1 Å². The molecule has 19 heteroatoms. The lowest BCUT2D eigenvalue weighted by Crippen LogP contribution is -2.76. The zero-order valence-corrected chi connectivity index (χ0v) is 16.9. The number of pyridine rings is 2. The van der Waals surface area contributed by atoms with Gasteiger partial charge in [0.05, 0.1) is 0 Å². The minimum absolute atomic E-state index is 0.101. The van der Waals surface area contributed by atoms with Crippen LogP contribution in [-0.2, 0) is 6.05 Å². The average molecular weight is 575 g/mol. The van der Waals surface area contributed by atoms with Gasteiger partial charge in [0.25, 0.3) is 0 Å². The highest BCUT2D eigenvalue weighted by molar-refractivity contribution is 5.61. The van der Waals surface area contributed by atoms with Crippen LogP contribution in [0, 0.1) is 0 Å². The van der Waals surface area contributed by atoms with Crippen LogP contribution in [0.5, 0.6) is 0 Å². The first-order valence-corrected chi connectivity index (χ1v) is 8.96. The maximum atomic E-state index is 14.2. The lowest BCUT2D eigenvalue weighted by Gasteiger charge is -2.41. The molecule has 2 nitrogen and oxygen atoms in total. The van der Waals surface area contributed by atoms with E-state index >= 15 is 0 Å². The average Bonchev–Trinajstić information content (AvgIpc) is 2.78. The molecule has 0 atom stereocenters. The second kappa shape index (κ2) is 8.57. The molecule has 0 saturated heterocycles. The molecule has 208 valence electrons. The summed E-state index contributed by atoms with van der Waals surface area (Å²) in [4.78, 5) is 3.57. The molecule has 2 heterocycles. The Morgan fingerprint density at radius 3 is 1.14 bits per heavy atom. The normalized spacial score (nSPS) is 15.2. The molecule has 2 rings (SSSR count). The van der Waals surface area contributed by atoms with Gasteiger partial charge in [-0.3, -0.25) is 4.98 Å². The zero-order chi connectivity index (χ0) is 29.1. The van der Waals surface area contributed by atoms with Gasteiger partial charge in [-0.15, -0.1) is 13.3 Å². The van der Waals surface area contributed by atoms with Crippen molar-refractivity contribution in [2.45, 2.75) is 47.8 Å². The second-order valence-corrected chi connectivity index (χ2v) is 7.22. The van der Waals surface area contributed by atoms with Crippen molar-refractivity contribution in [3.63, 3.8) is 0 Å². The predicted octanol–water partition coefficient (Wildman–Crippen LogP) is 6.96.